The second-order valence-corrected chi connectivity index (χ2v) is 3.78. The molecule has 0 bridgehead atoms. The molecule has 0 spiro atoms. The number of aliphatic hydroxyl groups excluding tert-OH is 1. The van der Waals surface area contributed by atoms with Crippen LogP contribution in [0.25, 0.3) is 0 Å². The van der Waals surface area contributed by atoms with E-state index in [1.807, 2.05) is 13.8 Å². The fourth-order valence-corrected chi connectivity index (χ4v) is 1.30. The van der Waals surface area contributed by atoms with Gasteiger partial charge in [0.05, 0.1) is 6.61 Å². The van der Waals surface area contributed by atoms with Gasteiger partial charge >= 0.3 is 0 Å². The van der Waals surface area contributed by atoms with Crippen molar-refractivity contribution in [1.82, 2.24) is 5.32 Å². The molecular formula is C11H25NO3. The zero-order valence-corrected chi connectivity index (χ0v) is 10.3. The van der Waals surface area contributed by atoms with Gasteiger partial charge in [-0.05, 0) is 19.8 Å². The van der Waals surface area contributed by atoms with Crippen molar-refractivity contribution < 1.29 is 14.6 Å². The maximum absolute atomic E-state index is 9.12. The van der Waals surface area contributed by atoms with Crippen LogP contribution < -0.4 is 5.32 Å². The lowest BCUT2D eigenvalue weighted by Gasteiger charge is -2.24. The molecule has 0 fully saturated rings. The molecule has 0 aliphatic carbocycles. The van der Waals surface area contributed by atoms with Crippen molar-refractivity contribution in [2.45, 2.75) is 40.0 Å². The number of ether oxygens (including phenoxy) is 2. The molecule has 92 valence electrons. The Kier molecular flexibility index (Phi) is 9.00. The van der Waals surface area contributed by atoms with Crippen molar-refractivity contribution in [2.75, 3.05) is 26.4 Å². The molecule has 1 unspecified atom stereocenters. The minimum atomic E-state index is -0.215. The minimum absolute atomic E-state index is 0.105. The Labute approximate surface area is 93.0 Å². The van der Waals surface area contributed by atoms with E-state index in [1.54, 1.807) is 0 Å². The van der Waals surface area contributed by atoms with E-state index in [1.165, 1.54) is 0 Å². The van der Waals surface area contributed by atoms with E-state index in [4.69, 9.17) is 14.6 Å². The first-order valence-electron chi connectivity index (χ1n) is 5.73. The number of hydrogen-bond donors (Lipinski definition) is 2. The third-order valence-corrected chi connectivity index (χ3v) is 2.25. The summed E-state index contributed by atoms with van der Waals surface area (Å²) < 4.78 is 10.8. The van der Waals surface area contributed by atoms with Crippen LogP contribution in [-0.2, 0) is 9.47 Å². The fraction of sp³-hybridized carbons (Fsp3) is 1.00. The normalized spacial score (nSPS) is 13.8. The first-order valence-corrected chi connectivity index (χ1v) is 5.73. The summed E-state index contributed by atoms with van der Waals surface area (Å²) >= 11 is 0. The van der Waals surface area contributed by atoms with Gasteiger partial charge in [-0.3, -0.25) is 0 Å². The lowest BCUT2D eigenvalue weighted by Crippen LogP contribution is -2.42. The Bertz CT molecular complexity index is 136. The molecule has 0 aromatic heterocycles. The molecule has 4 heteroatoms. The first-order chi connectivity index (χ1) is 7.15. The Balaban J connectivity index is 3.84. The summed E-state index contributed by atoms with van der Waals surface area (Å²) in [5, 5.41) is 12.4. The van der Waals surface area contributed by atoms with Gasteiger partial charge in [-0.2, -0.15) is 0 Å². The average molecular weight is 219 g/mol. The van der Waals surface area contributed by atoms with Gasteiger partial charge in [-0.1, -0.05) is 13.8 Å². The van der Waals surface area contributed by atoms with E-state index in [0.29, 0.717) is 25.7 Å². The number of nitrogens with one attached hydrogen (secondary N) is 1. The van der Waals surface area contributed by atoms with E-state index in [9.17, 15) is 0 Å². The van der Waals surface area contributed by atoms with E-state index < -0.39 is 0 Å². The Hall–Kier alpha value is -0.160. The molecule has 0 aliphatic heterocycles. The predicted octanol–water partition coefficient (Wildman–Crippen LogP) is 0.992. The van der Waals surface area contributed by atoms with Gasteiger partial charge in [0, 0.05) is 25.8 Å². The van der Waals surface area contributed by atoms with Crippen LogP contribution in [0.1, 0.15) is 27.7 Å². The Morgan fingerprint density at radius 1 is 1.13 bits per heavy atom. The molecule has 0 heterocycles. The lowest BCUT2D eigenvalue weighted by atomic mass is 10.1. The second-order valence-electron chi connectivity index (χ2n) is 3.78. The molecule has 0 radical (unpaired) electrons. The second kappa shape index (κ2) is 9.09. The Morgan fingerprint density at radius 3 is 2.00 bits per heavy atom. The van der Waals surface area contributed by atoms with Crippen LogP contribution in [0.3, 0.4) is 0 Å². The van der Waals surface area contributed by atoms with Gasteiger partial charge in [0.15, 0.2) is 6.29 Å². The van der Waals surface area contributed by atoms with Gasteiger partial charge < -0.3 is 19.9 Å². The summed E-state index contributed by atoms with van der Waals surface area (Å²) in [5.41, 5.74) is 0. The summed E-state index contributed by atoms with van der Waals surface area (Å²) in [5.74, 6) is 0.402. The average Bonchev–Trinajstić information content (AvgIpc) is 2.18. The SMILES string of the molecule is CCOC(CNC(CO)C(C)C)OCC. The van der Waals surface area contributed by atoms with Crippen LogP contribution >= 0.6 is 0 Å². The number of hydrogen-bond acceptors (Lipinski definition) is 4. The maximum Gasteiger partial charge on any atom is 0.169 e. The van der Waals surface area contributed by atoms with Crippen LogP contribution in [0.4, 0.5) is 0 Å². The van der Waals surface area contributed by atoms with Gasteiger partial charge in [0.25, 0.3) is 0 Å². The zero-order chi connectivity index (χ0) is 11.7. The van der Waals surface area contributed by atoms with Crippen molar-refractivity contribution in [1.29, 1.82) is 0 Å². The molecule has 2 N–H and O–H groups in total. The molecule has 0 saturated carbocycles. The quantitative estimate of drug-likeness (QED) is 0.568. The van der Waals surface area contributed by atoms with E-state index in [0.717, 1.165) is 0 Å². The molecule has 0 saturated heterocycles. The highest BCUT2D eigenvalue weighted by Gasteiger charge is 2.14. The van der Waals surface area contributed by atoms with Crippen molar-refractivity contribution in [3.05, 3.63) is 0 Å². The summed E-state index contributed by atoms with van der Waals surface area (Å²) in [7, 11) is 0. The van der Waals surface area contributed by atoms with Gasteiger partial charge in [-0.15, -0.1) is 0 Å². The minimum Gasteiger partial charge on any atom is -0.395 e. The summed E-state index contributed by atoms with van der Waals surface area (Å²) in [6.45, 7) is 10.1. The van der Waals surface area contributed by atoms with Gasteiger partial charge in [0.2, 0.25) is 0 Å². The van der Waals surface area contributed by atoms with Crippen molar-refractivity contribution >= 4 is 0 Å². The van der Waals surface area contributed by atoms with Crippen molar-refractivity contribution in [2.24, 2.45) is 5.92 Å². The van der Waals surface area contributed by atoms with Crippen LogP contribution in [-0.4, -0.2) is 43.8 Å². The maximum atomic E-state index is 9.12. The predicted molar refractivity (Wildman–Crippen MR) is 60.8 cm³/mol. The van der Waals surface area contributed by atoms with Crippen molar-refractivity contribution in [3.63, 3.8) is 0 Å². The molecular weight excluding hydrogens is 194 g/mol. The summed E-state index contributed by atoms with van der Waals surface area (Å²) in [4.78, 5) is 0. The van der Waals surface area contributed by atoms with Crippen LogP contribution in [0.5, 0.6) is 0 Å². The van der Waals surface area contributed by atoms with Gasteiger partial charge in [0.1, 0.15) is 0 Å². The smallest absolute Gasteiger partial charge is 0.169 e. The summed E-state index contributed by atoms with van der Waals surface area (Å²) in [6.07, 6.45) is -0.215. The van der Waals surface area contributed by atoms with E-state index in [-0.39, 0.29) is 18.9 Å². The number of rotatable bonds is 9. The molecule has 0 aliphatic rings. The van der Waals surface area contributed by atoms with E-state index in [2.05, 4.69) is 19.2 Å². The van der Waals surface area contributed by atoms with Crippen LogP contribution in [0.2, 0.25) is 0 Å². The fourth-order valence-electron chi connectivity index (χ4n) is 1.30. The molecule has 1 atom stereocenters. The molecule has 15 heavy (non-hydrogen) atoms. The molecule has 4 nitrogen and oxygen atoms in total. The summed E-state index contributed by atoms with van der Waals surface area (Å²) in [6, 6.07) is 0.105. The van der Waals surface area contributed by atoms with E-state index >= 15 is 0 Å². The molecule has 0 aromatic rings. The highest BCUT2D eigenvalue weighted by atomic mass is 16.7. The Morgan fingerprint density at radius 2 is 1.67 bits per heavy atom. The topological polar surface area (TPSA) is 50.7 Å². The van der Waals surface area contributed by atoms with Gasteiger partial charge in [-0.25, -0.2) is 0 Å². The first kappa shape index (κ1) is 14.8. The highest BCUT2D eigenvalue weighted by molar-refractivity contribution is 4.69. The van der Waals surface area contributed by atoms with Crippen LogP contribution in [0, 0.1) is 5.92 Å². The molecule has 0 rings (SSSR count). The molecule has 0 amide bonds. The third kappa shape index (κ3) is 6.84. The van der Waals surface area contributed by atoms with Crippen LogP contribution in [0.15, 0.2) is 0 Å². The zero-order valence-electron chi connectivity index (χ0n) is 10.3. The standard InChI is InChI=1S/C11H25NO3/c1-5-14-11(15-6-2)7-12-10(8-13)9(3)4/h9-13H,5-8H2,1-4H3. The largest absolute Gasteiger partial charge is 0.395 e. The lowest BCUT2D eigenvalue weighted by molar-refractivity contribution is -0.134. The highest BCUT2D eigenvalue weighted by Crippen LogP contribution is 2.01. The van der Waals surface area contributed by atoms with Crippen molar-refractivity contribution in [3.8, 4) is 0 Å². The number of aliphatic hydroxyl groups is 1. The monoisotopic (exact) mass is 219 g/mol. The third-order valence-electron chi connectivity index (χ3n) is 2.25. The molecule has 0 aromatic carbocycles.